The molecule has 0 atom stereocenters. The van der Waals surface area contributed by atoms with E-state index < -0.39 is 17.8 Å². The zero-order valence-electron chi connectivity index (χ0n) is 15.0. The minimum absolute atomic E-state index is 0.0265. The van der Waals surface area contributed by atoms with Crippen LogP contribution in [0.3, 0.4) is 0 Å². The first-order valence-electron chi connectivity index (χ1n) is 8.49. The monoisotopic (exact) mass is 398 g/mol. The molecule has 3 aromatic heterocycles. The lowest BCUT2D eigenvalue weighted by molar-refractivity contribution is -0.142. The number of fused-ring (bicyclic) bond motifs is 1. The van der Waals surface area contributed by atoms with Crippen molar-refractivity contribution in [3.05, 3.63) is 66.6 Å². The topological polar surface area (TPSA) is 69.4 Å². The summed E-state index contributed by atoms with van der Waals surface area (Å²) in [6.45, 7) is 1.23. The van der Waals surface area contributed by atoms with E-state index in [0.717, 1.165) is 10.6 Å². The molecule has 0 unspecified atom stereocenters. The van der Waals surface area contributed by atoms with Gasteiger partial charge in [-0.05, 0) is 17.7 Å². The second-order valence-corrected chi connectivity index (χ2v) is 6.16. The Morgan fingerprint density at radius 1 is 1.07 bits per heavy atom. The number of carbonyl (C=O) groups excluding carboxylic acids is 1. The molecule has 0 spiro atoms. The number of benzene rings is 1. The van der Waals surface area contributed by atoms with Crippen LogP contribution in [0.5, 0.6) is 5.88 Å². The van der Waals surface area contributed by atoms with Crippen molar-refractivity contribution < 1.29 is 22.7 Å². The summed E-state index contributed by atoms with van der Waals surface area (Å²) >= 11 is 0. The fraction of sp³-hybridized carbons (Fsp3) is 0.100. The molecule has 0 aliphatic carbocycles. The fourth-order valence-corrected chi connectivity index (χ4v) is 2.91. The number of alkyl halides is 3. The van der Waals surface area contributed by atoms with E-state index in [1.807, 2.05) is 0 Å². The van der Waals surface area contributed by atoms with Gasteiger partial charge in [0.15, 0.2) is 11.3 Å². The lowest BCUT2D eigenvalue weighted by Crippen LogP contribution is -2.13. The van der Waals surface area contributed by atoms with Crippen LogP contribution < -0.4 is 4.74 Å². The summed E-state index contributed by atoms with van der Waals surface area (Å²) in [6, 6.07) is 12.6. The van der Waals surface area contributed by atoms with E-state index in [1.54, 1.807) is 36.4 Å². The molecule has 0 saturated heterocycles. The van der Waals surface area contributed by atoms with Crippen LogP contribution in [-0.4, -0.2) is 25.6 Å². The number of ether oxygens (including phenoxy) is 1. The van der Waals surface area contributed by atoms with Gasteiger partial charge in [-0.15, -0.1) is 0 Å². The van der Waals surface area contributed by atoms with Crippen molar-refractivity contribution in [3.63, 3.8) is 0 Å². The predicted octanol–water partition coefficient (Wildman–Crippen LogP) is 4.40. The van der Waals surface area contributed by atoms with Gasteiger partial charge < -0.3 is 4.74 Å². The van der Waals surface area contributed by atoms with Crippen molar-refractivity contribution >= 4 is 11.6 Å². The summed E-state index contributed by atoms with van der Waals surface area (Å²) in [6.07, 6.45) is -1.95. The second-order valence-electron chi connectivity index (χ2n) is 6.16. The molecule has 0 bridgehead atoms. The van der Waals surface area contributed by atoms with Crippen molar-refractivity contribution in [2.45, 2.75) is 13.1 Å². The van der Waals surface area contributed by atoms with E-state index in [4.69, 9.17) is 4.74 Å². The van der Waals surface area contributed by atoms with Crippen molar-refractivity contribution in [2.75, 3.05) is 0 Å². The number of rotatable bonds is 3. The molecule has 0 amide bonds. The number of aromatic nitrogens is 4. The van der Waals surface area contributed by atoms with E-state index in [2.05, 4.69) is 15.1 Å². The summed E-state index contributed by atoms with van der Waals surface area (Å²) in [5, 5.41) is 3.89. The van der Waals surface area contributed by atoms with Crippen LogP contribution in [-0.2, 0) is 11.0 Å². The molecule has 0 aliphatic heterocycles. The summed E-state index contributed by atoms with van der Waals surface area (Å²) in [7, 11) is 0. The Labute approximate surface area is 162 Å². The molecule has 0 aliphatic rings. The summed E-state index contributed by atoms with van der Waals surface area (Å²) < 4.78 is 46.7. The molecule has 4 rings (SSSR count). The summed E-state index contributed by atoms with van der Waals surface area (Å²) in [5.74, 6) is -0.525. The molecule has 29 heavy (non-hydrogen) atoms. The van der Waals surface area contributed by atoms with Gasteiger partial charge in [-0.3, -0.25) is 4.79 Å². The van der Waals surface area contributed by atoms with E-state index in [1.165, 1.54) is 25.4 Å². The third kappa shape index (κ3) is 3.66. The Hall–Kier alpha value is -3.75. The number of pyridine rings is 1. The van der Waals surface area contributed by atoms with Gasteiger partial charge in [-0.25, -0.2) is 14.5 Å². The minimum Gasteiger partial charge on any atom is -0.408 e. The van der Waals surface area contributed by atoms with E-state index in [0.29, 0.717) is 16.7 Å². The third-order valence-electron chi connectivity index (χ3n) is 4.13. The highest BCUT2D eigenvalue weighted by Crippen LogP contribution is 2.35. The number of hydrogen-bond acceptors (Lipinski definition) is 5. The predicted molar refractivity (Wildman–Crippen MR) is 98.0 cm³/mol. The maximum absolute atomic E-state index is 13.7. The molecule has 6 nitrogen and oxygen atoms in total. The SMILES string of the molecule is CC(=O)Oc1cc(-c2cnn3c(C(F)(F)F)cc(-c4ccccc4)nc23)ccn1. The first-order valence-corrected chi connectivity index (χ1v) is 8.49. The molecule has 4 aromatic rings. The highest BCUT2D eigenvalue weighted by molar-refractivity contribution is 5.79. The van der Waals surface area contributed by atoms with E-state index in [-0.39, 0.29) is 17.2 Å². The van der Waals surface area contributed by atoms with Crippen LogP contribution in [0.1, 0.15) is 12.6 Å². The zero-order valence-corrected chi connectivity index (χ0v) is 15.0. The van der Waals surface area contributed by atoms with Crippen LogP contribution in [0.15, 0.2) is 60.9 Å². The molecule has 1 aromatic carbocycles. The Bertz CT molecular complexity index is 1200. The number of nitrogens with zero attached hydrogens (tertiary/aromatic N) is 4. The average molecular weight is 398 g/mol. The lowest BCUT2D eigenvalue weighted by Gasteiger charge is -2.12. The number of halogens is 3. The molecular weight excluding hydrogens is 385 g/mol. The van der Waals surface area contributed by atoms with Crippen LogP contribution in [0.4, 0.5) is 13.2 Å². The van der Waals surface area contributed by atoms with E-state index >= 15 is 0 Å². The summed E-state index contributed by atoms with van der Waals surface area (Å²) in [5.41, 5.74) is 0.617. The quantitative estimate of drug-likeness (QED) is 0.479. The van der Waals surface area contributed by atoms with Crippen molar-refractivity contribution in [1.29, 1.82) is 0 Å². The van der Waals surface area contributed by atoms with Crippen LogP contribution in [0.2, 0.25) is 0 Å². The summed E-state index contributed by atoms with van der Waals surface area (Å²) in [4.78, 5) is 19.5. The van der Waals surface area contributed by atoms with Gasteiger partial charge in [0.1, 0.15) is 0 Å². The van der Waals surface area contributed by atoms with Crippen molar-refractivity contribution in [1.82, 2.24) is 19.6 Å². The zero-order chi connectivity index (χ0) is 20.6. The third-order valence-corrected chi connectivity index (χ3v) is 4.13. The maximum atomic E-state index is 13.7. The Balaban J connectivity index is 1.94. The highest BCUT2D eigenvalue weighted by atomic mass is 19.4. The Morgan fingerprint density at radius 2 is 1.83 bits per heavy atom. The highest BCUT2D eigenvalue weighted by Gasteiger charge is 2.35. The Morgan fingerprint density at radius 3 is 2.52 bits per heavy atom. The van der Waals surface area contributed by atoms with Gasteiger partial charge in [0.25, 0.3) is 0 Å². The molecule has 0 saturated carbocycles. The normalized spacial score (nSPS) is 11.6. The van der Waals surface area contributed by atoms with Gasteiger partial charge in [0.2, 0.25) is 5.88 Å². The van der Waals surface area contributed by atoms with E-state index in [9.17, 15) is 18.0 Å². The molecule has 146 valence electrons. The number of carbonyl (C=O) groups is 1. The van der Waals surface area contributed by atoms with Gasteiger partial charge in [-0.2, -0.15) is 18.3 Å². The van der Waals surface area contributed by atoms with Crippen LogP contribution in [0, 0.1) is 0 Å². The molecular formula is C20H13F3N4O2. The standard InChI is InChI=1S/C20H13F3N4O2/c1-12(28)29-18-9-14(7-8-24-18)15-11-25-27-17(20(21,22)23)10-16(26-19(15)27)13-5-3-2-4-6-13/h2-11H,1H3. The maximum Gasteiger partial charge on any atom is 0.433 e. The smallest absolute Gasteiger partial charge is 0.408 e. The Kier molecular flexibility index (Phi) is 4.50. The minimum atomic E-state index is -4.63. The lowest BCUT2D eigenvalue weighted by atomic mass is 10.1. The average Bonchev–Trinajstić information content (AvgIpc) is 3.11. The molecule has 0 N–H and O–H groups in total. The van der Waals surface area contributed by atoms with Gasteiger partial charge in [0, 0.05) is 30.3 Å². The van der Waals surface area contributed by atoms with Gasteiger partial charge >= 0.3 is 12.1 Å². The van der Waals surface area contributed by atoms with Gasteiger partial charge in [-0.1, -0.05) is 30.3 Å². The number of hydrogen-bond donors (Lipinski definition) is 0. The van der Waals surface area contributed by atoms with Crippen LogP contribution >= 0.6 is 0 Å². The first-order chi connectivity index (χ1) is 13.8. The molecule has 0 radical (unpaired) electrons. The first kappa shape index (κ1) is 18.6. The largest absolute Gasteiger partial charge is 0.433 e. The molecule has 9 heteroatoms. The molecule has 3 heterocycles. The van der Waals surface area contributed by atoms with Crippen LogP contribution in [0.25, 0.3) is 28.0 Å². The fourth-order valence-electron chi connectivity index (χ4n) is 2.91. The van der Waals surface area contributed by atoms with Gasteiger partial charge in [0.05, 0.1) is 11.9 Å². The van der Waals surface area contributed by atoms with Crippen molar-refractivity contribution in [2.24, 2.45) is 0 Å². The second kappa shape index (κ2) is 7.01. The molecule has 0 fully saturated rings. The number of esters is 1. The van der Waals surface area contributed by atoms with Crippen molar-refractivity contribution in [3.8, 4) is 28.3 Å².